The molecule has 3 heterocycles. The second-order valence-corrected chi connectivity index (χ2v) is 6.48. The molecular weight excluding hydrogens is 296 g/mol. The van der Waals surface area contributed by atoms with Gasteiger partial charge in [-0.2, -0.15) is 5.26 Å². The van der Waals surface area contributed by atoms with Crippen LogP contribution in [-0.2, 0) is 25.9 Å². The van der Waals surface area contributed by atoms with Crippen molar-refractivity contribution in [2.45, 2.75) is 25.9 Å². The van der Waals surface area contributed by atoms with E-state index < -0.39 is 0 Å². The average Bonchev–Trinajstić information content (AvgIpc) is 2.93. The molecule has 0 N–H and O–H groups in total. The largest absolute Gasteiger partial charge is 0.344 e. The molecule has 4 nitrogen and oxygen atoms in total. The average molecular weight is 316 g/mol. The van der Waals surface area contributed by atoms with Crippen LogP contribution in [0.4, 0.5) is 0 Å². The van der Waals surface area contributed by atoms with Gasteiger partial charge in [0.1, 0.15) is 0 Å². The van der Waals surface area contributed by atoms with E-state index in [9.17, 15) is 5.26 Å². The van der Waals surface area contributed by atoms with Crippen LogP contribution in [0.2, 0.25) is 0 Å². The number of nitriles is 1. The molecule has 0 amide bonds. The molecule has 0 fully saturated rings. The van der Waals surface area contributed by atoms with Gasteiger partial charge in [0.2, 0.25) is 0 Å². The summed E-state index contributed by atoms with van der Waals surface area (Å²) in [5.74, 6) is 0. The van der Waals surface area contributed by atoms with E-state index in [0.29, 0.717) is 0 Å². The molecule has 24 heavy (non-hydrogen) atoms. The van der Waals surface area contributed by atoms with Gasteiger partial charge in [-0.3, -0.25) is 4.98 Å². The van der Waals surface area contributed by atoms with Crippen LogP contribution in [0.15, 0.2) is 42.6 Å². The van der Waals surface area contributed by atoms with Crippen molar-refractivity contribution in [2.24, 2.45) is 0 Å². The van der Waals surface area contributed by atoms with Crippen LogP contribution < -0.4 is 0 Å². The highest BCUT2D eigenvalue weighted by Crippen LogP contribution is 2.31. The van der Waals surface area contributed by atoms with Crippen LogP contribution >= 0.6 is 0 Å². The van der Waals surface area contributed by atoms with E-state index >= 15 is 0 Å². The van der Waals surface area contributed by atoms with Gasteiger partial charge < -0.3 is 9.47 Å². The van der Waals surface area contributed by atoms with Gasteiger partial charge in [-0.25, -0.2) is 0 Å². The third-order valence-electron chi connectivity index (χ3n) is 4.89. The molecule has 4 rings (SSSR count). The molecule has 1 aliphatic rings. The molecule has 0 saturated heterocycles. The predicted octanol–water partition coefficient (Wildman–Crippen LogP) is 3.14. The topological polar surface area (TPSA) is 44.9 Å². The number of pyridine rings is 1. The minimum atomic E-state index is 0.736. The number of aryl methyl sites for hydroxylation is 2. The monoisotopic (exact) mass is 316 g/mol. The zero-order chi connectivity index (χ0) is 16.5. The Morgan fingerprint density at radius 1 is 1.25 bits per heavy atom. The lowest BCUT2D eigenvalue weighted by Gasteiger charge is -2.24. The Morgan fingerprint density at radius 3 is 2.96 bits per heavy atom. The zero-order valence-electron chi connectivity index (χ0n) is 13.9. The van der Waals surface area contributed by atoms with Crippen molar-refractivity contribution in [3.63, 3.8) is 0 Å². The van der Waals surface area contributed by atoms with Crippen LogP contribution in [0.5, 0.6) is 0 Å². The molecule has 2 aromatic heterocycles. The van der Waals surface area contributed by atoms with Crippen LogP contribution in [0.25, 0.3) is 10.9 Å². The predicted molar refractivity (Wildman–Crippen MR) is 94.6 cm³/mol. The second kappa shape index (κ2) is 6.10. The zero-order valence-corrected chi connectivity index (χ0v) is 13.9. The maximum absolute atomic E-state index is 9.24. The third kappa shape index (κ3) is 2.57. The van der Waals surface area contributed by atoms with Crippen molar-refractivity contribution >= 4 is 10.9 Å². The van der Waals surface area contributed by atoms with Crippen LogP contribution in [0, 0.1) is 11.3 Å². The Balaban J connectivity index is 1.78. The summed E-state index contributed by atoms with van der Waals surface area (Å²) in [6.45, 7) is 2.97. The third-order valence-corrected chi connectivity index (χ3v) is 4.89. The molecule has 120 valence electrons. The highest BCUT2D eigenvalue weighted by molar-refractivity contribution is 5.87. The van der Waals surface area contributed by atoms with Gasteiger partial charge >= 0.3 is 0 Å². The molecule has 0 aliphatic carbocycles. The van der Waals surface area contributed by atoms with Crippen molar-refractivity contribution < 1.29 is 0 Å². The highest BCUT2D eigenvalue weighted by Gasteiger charge is 2.22. The second-order valence-electron chi connectivity index (χ2n) is 6.48. The van der Waals surface area contributed by atoms with Crippen molar-refractivity contribution in [2.75, 3.05) is 13.6 Å². The van der Waals surface area contributed by atoms with E-state index in [1.54, 1.807) is 0 Å². The summed E-state index contributed by atoms with van der Waals surface area (Å²) in [5, 5.41) is 10.5. The Hall–Kier alpha value is -2.64. The fourth-order valence-electron chi connectivity index (χ4n) is 3.68. The summed E-state index contributed by atoms with van der Waals surface area (Å²) in [6.07, 6.45) is 3.84. The van der Waals surface area contributed by atoms with E-state index in [1.807, 2.05) is 30.5 Å². The molecule has 0 bridgehead atoms. The van der Waals surface area contributed by atoms with Crippen LogP contribution in [0.3, 0.4) is 0 Å². The quantitative estimate of drug-likeness (QED) is 0.745. The number of benzene rings is 1. The van der Waals surface area contributed by atoms with E-state index in [1.165, 1.54) is 22.2 Å². The molecule has 0 atom stereocenters. The minimum absolute atomic E-state index is 0.736. The molecule has 1 aromatic carbocycles. The van der Waals surface area contributed by atoms with Crippen molar-refractivity contribution in [3.8, 4) is 6.07 Å². The number of rotatable bonds is 3. The molecule has 3 aromatic rings. The van der Waals surface area contributed by atoms with Crippen LogP contribution in [0.1, 0.15) is 22.5 Å². The Kier molecular flexibility index (Phi) is 3.79. The van der Waals surface area contributed by atoms with Gasteiger partial charge in [0, 0.05) is 61.0 Å². The molecule has 0 unspecified atom stereocenters. The fourth-order valence-corrected chi connectivity index (χ4v) is 3.68. The first-order valence-corrected chi connectivity index (χ1v) is 8.39. The number of fused-ring (bicyclic) bond motifs is 3. The smallest absolute Gasteiger partial charge is 0.0991 e. The van der Waals surface area contributed by atoms with Gasteiger partial charge in [-0.1, -0.05) is 6.07 Å². The van der Waals surface area contributed by atoms with E-state index in [0.717, 1.165) is 43.7 Å². The first-order valence-electron chi connectivity index (χ1n) is 8.39. The first kappa shape index (κ1) is 14.9. The summed E-state index contributed by atoms with van der Waals surface area (Å²) in [6, 6.07) is 14.4. The van der Waals surface area contributed by atoms with Gasteiger partial charge in [0.05, 0.1) is 11.6 Å². The van der Waals surface area contributed by atoms with Crippen molar-refractivity contribution in [1.82, 2.24) is 14.5 Å². The lowest BCUT2D eigenvalue weighted by molar-refractivity contribution is 0.309. The maximum atomic E-state index is 9.24. The van der Waals surface area contributed by atoms with Gasteiger partial charge in [0.25, 0.3) is 0 Å². The Morgan fingerprint density at radius 2 is 2.17 bits per heavy atom. The van der Waals surface area contributed by atoms with Gasteiger partial charge in [-0.05, 0) is 42.9 Å². The molecule has 0 radical (unpaired) electrons. The first-order chi connectivity index (χ1) is 11.8. The molecule has 0 spiro atoms. The van der Waals surface area contributed by atoms with Crippen molar-refractivity contribution in [3.05, 3.63) is 65.1 Å². The number of hydrogen-bond acceptors (Lipinski definition) is 3. The lowest BCUT2D eigenvalue weighted by atomic mass is 10.0. The van der Waals surface area contributed by atoms with Crippen molar-refractivity contribution in [1.29, 1.82) is 5.26 Å². The Labute approximate surface area is 142 Å². The molecule has 0 saturated carbocycles. The molecule has 4 heteroatoms. The number of likely N-dealkylation sites (N-methyl/N-ethyl adjacent to an activating group) is 1. The molecular formula is C20H20N4. The number of hydrogen-bond donors (Lipinski definition) is 0. The lowest BCUT2D eigenvalue weighted by Crippen LogP contribution is -2.27. The van der Waals surface area contributed by atoms with Gasteiger partial charge in [-0.15, -0.1) is 0 Å². The maximum Gasteiger partial charge on any atom is 0.0991 e. The van der Waals surface area contributed by atoms with E-state index in [2.05, 4.69) is 39.7 Å². The molecule has 1 aliphatic heterocycles. The van der Waals surface area contributed by atoms with Gasteiger partial charge in [0.15, 0.2) is 0 Å². The summed E-state index contributed by atoms with van der Waals surface area (Å²) >= 11 is 0. The fraction of sp³-hybridized carbons (Fsp3) is 0.300. The summed E-state index contributed by atoms with van der Waals surface area (Å²) < 4.78 is 2.44. The standard InChI is InChI=1S/C20H20N4/c1-23-10-8-20-18(14-23)17-12-15(13-21)5-6-19(17)24(20)11-7-16-4-2-3-9-22-16/h2-6,9,12H,7-8,10-11,14H2,1H3. The highest BCUT2D eigenvalue weighted by atomic mass is 15.1. The van der Waals surface area contributed by atoms with Crippen LogP contribution in [-0.4, -0.2) is 28.0 Å². The van der Waals surface area contributed by atoms with E-state index in [4.69, 9.17) is 0 Å². The summed E-state index contributed by atoms with van der Waals surface area (Å²) in [5.41, 5.74) is 5.91. The summed E-state index contributed by atoms with van der Waals surface area (Å²) in [4.78, 5) is 6.80. The Bertz CT molecular complexity index is 918. The SMILES string of the molecule is CN1CCc2c(c3cc(C#N)ccc3n2CCc2ccccn2)C1. The minimum Gasteiger partial charge on any atom is -0.344 e. The normalized spacial score (nSPS) is 14.5. The number of aromatic nitrogens is 2. The van der Waals surface area contributed by atoms with E-state index in [-0.39, 0.29) is 0 Å². The number of nitrogens with zero attached hydrogens (tertiary/aromatic N) is 4. The summed E-state index contributed by atoms with van der Waals surface area (Å²) in [7, 11) is 2.16.